The molecule has 0 bridgehead atoms. The Labute approximate surface area is 84.7 Å². The molecule has 78 valence electrons. The smallest absolute Gasteiger partial charge is 0.157 e. The van der Waals surface area contributed by atoms with Crippen molar-refractivity contribution in [2.45, 2.75) is 45.6 Å². The van der Waals surface area contributed by atoms with Crippen molar-refractivity contribution in [1.82, 2.24) is 5.16 Å². The molecule has 0 aliphatic heterocycles. The average molecular weight is 194 g/mol. The van der Waals surface area contributed by atoms with E-state index in [0.717, 1.165) is 24.3 Å². The Morgan fingerprint density at radius 1 is 1.29 bits per heavy atom. The van der Waals surface area contributed by atoms with Gasteiger partial charge in [0, 0.05) is 5.56 Å². The van der Waals surface area contributed by atoms with Crippen LogP contribution in [-0.4, -0.2) is 5.16 Å². The molecule has 0 fully saturated rings. The van der Waals surface area contributed by atoms with Crippen LogP contribution in [0.3, 0.4) is 0 Å². The van der Waals surface area contributed by atoms with Crippen molar-refractivity contribution < 1.29 is 4.52 Å². The molecule has 0 saturated carbocycles. The van der Waals surface area contributed by atoms with Crippen LogP contribution in [0.5, 0.6) is 0 Å². The fourth-order valence-electron chi connectivity index (χ4n) is 1.98. The van der Waals surface area contributed by atoms with Crippen LogP contribution in [-0.2, 0) is 12.8 Å². The minimum Gasteiger partial charge on any atom is -0.359 e. The van der Waals surface area contributed by atoms with Gasteiger partial charge in [-0.1, -0.05) is 19.0 Å². The first-order chi connectivity index (χ1) is 6.70. The van der Waals surface area contributed by atoms with E-state index in [9.17, 15) is 0 Å². The lowest BCUT2D eigenvalue weighted by Gasteiger charge is -2.15. The number of nitrogens with two attached hydrogens (primary N) is 1. The van der Waals surface area contributed by atoms with Crippen LogP contribution in [0, 0.1) is 5.92 Å². The van der Waals surface area contributed by atoms with Crippen molar-refractivity contribution >= 4 is 0 Å². The quantitative estimate of drug-likeness (QED) is 0.785. The number of hydrogen-bond acceptors (Lipinski definition) is 3. The first-order valence-corrected chi connectivity index (χ1v) is 5.43. The number of nitrogens with zero attached hydrogens (tertiary/aromatic N) is 1. The van der Waals surface area contributed by atoms with E-state index >= 15 is 0 Å². The Bertz CT molecular complexity index is 317. The van der Waals surface area contributed by atoms with Gasteiger partial charge in [0.2, 0.25) is 0 Å². The maximum absolute atomic E-state index is 6.07. The standard InChI is InChI=1S/C11H18N2O/c1-7(2)10(12)11-8-5-3-4-6-9(8)13-14-11/h7,10H,3-6,12H2,1-2H3. The predicted molar refractivity (Wildman–Crippen MR) is 54.9 cm³/mol. The topological polar surface area (TPSA) is 52.0 Å². The molecule has 1 heterocycles. The molecule has 2 N–H and O–H groups in total. The van der Waals surface area contributed by atoms with E-state index in [-0.39, 0.29) is 6.04 Å². The largest absolute Gasteiger partial charge is 0.359 e. The van der Waals surface area contributed by atoms with Gasteiger partial charge in [-0.05, 0) is 31.6 Å². The van der Waals surface area contributed by atoms with Crippen molar-refractivity contribution in [2.24, 2.45) is 11.7 Å². The SMILES string of the molecule is CC(C)C(N)c1onc2c1CCCC2. The summed E-state index contributed by atoms with van der Waals surface area (Å²) in [6.07, 6.45) is 4.63. The van der Waals surface area contributed by atoms with E-state index < -0.39 is 0 Å². The molecule has 1 atom stereocenters. The van der Waals surface area contributed by atoms with E-state index in [1.54, 1.807) is 0 Å². The van der Waals surface area contributed by atoms with E-state index in [4.69, 9.17) is 10.3 Å². The molecule has 0 amide bonds. The van der Waals surface area contributed by atoms with Crippen LogP contribution < -0.4 is 5.73 Å². The lowest BCUT2D eigenvalue weighted by molar-refractivity contribution is 0.328. The Hall–Kier alpha value is -0.830. The van der Waals surface area contributed by atoms with Gasteiger partial charge in [-0.3, -0.25) is 0 Å². The third-order valence-electron chi connectivity index (χ3n) is 3.01. The van der Waals surface area contributed by atoms with Crippen LogP contribution in [0.4, 0.5) is 0 Å². The molecule has 14 heavy (non-hydrogen) atoms. The summed E-state index contributed by atoms with van der Waals surface area (Å²) in [4.78, 5) is 0. The lowest BCUT2D eigenvalue weighted by atomic mass is 9.91. The highest BCUT2D eigenvalue weighted by molar-refractivity contribution is 5.27. The maximum Gasteiger partial charge on any atom is 0.157 e. The summed E-state index contributed by atoms with van der Waals surface area (Å²) in [6.45, 7) is 4.23. The van der Waals surface area contributed by atoms with Crippen molar-refractivity contribution in [3.8, 4) is 0 Å². The Balaban J connectivity index is 2.30. The maximum atomic E-state index is 6.07. The van der Waals surface area contributed by atoms with Crippen molar-refractivity contribution in [1.29, 1.82) is 0 Å². The molecule has 0 radical (unpaired) electrons. The number of hydrogen-bond donors (Lipinski definition) is 1. The predicted octanol–water partition coefficient (Wildman–Crippen LogP) is 2.21. The van der Waals surface area contributed by atoms with Gasteiger partial charge in [-0.2, -0.15) is 0 Å². The van der Waals surface area contributed by atoms with Gasteiger partial charge in [0.15, 0.2) is 5.76 Å². The summed E-state index contributed by atoms with van der Waals surface area (Å²) in [5.74, 6) is 1.34. The van der Waals surface area contributed by atoms with Crippen molar-refractivity contribution in [2.75, 3.05) is 0 Å². The highest BCUT2D eigenvalue weighted by atomic mass is 16.5. The second-order valence-electron chi connectivity index (χ2n) is 4.45. The van der Waals surface area contributed by atoms with Crippen LogP contribution in [0.15, 0.2) is 4.52 Å². The van der Waals surface area contributed by atoms with Gasteiger partial charge >= 0.3 is 0 Å². The molecule has 0 saturated heterocycles. The van der Waals surface area contributed by atoms with Crippen LogP contribution in [0.1, 0.15) is 49.7 Å². The second kappa shape index (κ2) is 3.73. The van der Waals surface area contributed by atoms with Gasteiger partial charge < -0.3 is 10.3 Å². The third-order valence-corrected chi connectivity index (χ3v) is 3.01. The summed E-state index contributed by atoms with van der Waals surface area (Å²) in [5, 5.41) is 4.11. The highest BCUT2D eigenvalue weighted by Gasteiger charge is 2.24. The molecular weight excluding hydrogens is 176 g/mol. The minimum atomic E-state index is 0.00403. The van der Waals surface area contributed by atoms with Crippen LogP contribution >= 0.6 is 0 Å². The van der Waals surface area contributed by atoms with Gasteiger partial charge in [0.1, 0.15) is 0 Å². The first kappa shape index (κ1) is 9.71. The summed E-state index contributed by atoms with van der Waals surface area (Å²) in [7, 11) is 0. The molecule has 0 aromatic carbocycles. The number of fused-ring (bicyclic) bond motifs is 1. The second-order valence-corrected chi connectivity index (χ2v) is 4.45. The molecule has 1 aromatic heterocycles. The number of aryl methyl sites for hydroxylation is 1. The minimum absolute atomic E-state index is 0.00403. The zero-order chi connectivity index (χ0) is 10.1. The van der Waals surface area contributed by atoms with Crippen molar-refractivity contribution in [3.63, 3.8) is 0 Å². The van der Waals surface area contributed by atoms with Gasteiger partial charge in [0.25, 0.3) is 0 Å². The fourth-order valence-corrected chi connectivity index (χ4v) is 1.98. The van der Waals surface area contributed by atoms with Gasteiger partial charge in [-0.15, -0.1) is 0 Å². The molecule has 0 spiro atoms. The summed E-state index contributed by atoms with van der Waals surface area (Å²) >= 11 is 0. The van der Waals surface area contributed by atoms with E-state index in [1.165, 1.54) is 18.4 Å². The Morgan fingerprint density at radius 3 is 2.71 bits per heavy atom. The zero-order valence-electron chi connectivity index (χ0n) is 8.92. The lowest BCUT2D eigenvalue weighted by Crippen LogP contribution is -2.18. The van der Waals surface area contributed by atoms with Gasteiger partial charge in [0.05, 0.1) is 11.7 Å². The summed E-state index contributed by atoms with van der Waals surface area (Å²) in [5.41, 5.74) is 8.50. The van der Waals surface area contributed by atoms with E-state index in [0.29, 0.717) is 5.92 Å². The molecule has 3 heteroatoms. The normalized spacial score (nSPS) is 18.3. The Kier molecular flexibility index (Phi) is 2.59. The monoisotopic (exact) mass is 194 g/mol. The van der Waals surface area contributed by atoms with E-state index in [2.05, 4.69) is 19.0 Å². The number of aromatic nitrogens is 1. The molecule has 3 nitrogen and oxygen atoms in total. The zero-order valence-corrected chi connectivity index (χ0v) is 8.92. The molecule has 1 aromatic rings. The summed E-state index contributed by atoms with van der Waals surface area (Å²) in [6, 6.07) is 0.00403. The molecule has 1 aliphatic rings. The first-order valence-electron chi connectivity index (χ1n) is 5.43. The van der Waals surface area contributed by atoms with Crippen LogP contribution in [0.25, 0.3) is 0 Å². The highest BCUT2D eigenvalue weighted by Crippen LogP contribution is 2.29. The molecule has 2 rings (SSSR count). The van der Waals surface area contributed by atoms with E-state index in [1.807, 2.05) is 0 Å². The summed E-state index contributed by atoms with van der Waals surface area (Å²) < 4.78 is 5.37. The fraction of sp³-hybridized carbons (Fsp3) is 0.727. The number of rotatable bonds is 2. The molecule has 1 aliphatic carbocycles. The van der Waals surface area contributed by atoms with Crippen molar-refractivity contribution in [3.05, 3.63) is 17.0 Å². The Morgan fingerprint density at radius 2 is 2.00 bits per heavy atom. The average Bonchev–Trinajstić information content (AvgIpc) is 2.60. The third kappa shape index (κ3) is 1.57. The van der Waals surface area contributed by atoms with Gasteiger partial charge in [-0.25, -0.2) is 0 Å². The molecular formula is C11H18N2O. The molecule has 1 unspecified atom stereocenters. The van der Waals surface area contributed by atoms with Crippen LogP contribution in [0.2, 0.25) is 0 Å².